The van der Waals surface area contributed by atoms with Gasteiger partial charge in [0.2, 0.25) is 5.88 Å². The number of halogens is 1. The van der Waals surface area contributed by atoms with Crippen LogP contribution in [0.15, 0.2) is 60.1 Å². The molecule has 2 aromatic carbocycles. The lowest BCUT2D eigenvalue weighted by atomic mass is 9.91. The van der Waals surface area contributed by atoms with E-state index < -0.39 is 11.7 Å². The van der Waals surface area contributed by atoms with Gasteiger partial charge < -0.3 is 25.4 Å². The van der Waals surface area contributed by atoms with Crippen molar-refractivity contribution in [1.82, 2.24) is 35.7 Å². The molecule has 7 rings (SSSR count). The average molecular weight is 770 g/mol. The number of aryl methyl sites for hydroxylation is 1. The van der Waals surface area contributed by atoms with Crippen molar-refractivity contribution in [2.24, 2.45) is 0 Å². The molecule has 4 heterocycles. The molecule has 2 amide bonds. The van der Waals surface area contributed by atoms with E-state index in [2.05, 4.69) is 80.8 Å². The van der Waals surface area contributed by atoms with E-state index in [1.54, 1.807) is 0 Å². The minimum absolute atomic E-state index is 0.000655. The molecule has 13 heteroatoms. The lowest BCUT2D eigenvalue weighted by Gasteiger charge is -2.36. The molecule has 4 aromatic rings. The molecule has 3 fully saturated rings. The molecule has 0 spiro atoms. The third-order valence-corrected chi connectivity index (χ3v) is 11.7. The monoisotopic (exact) mass is 769 g/mol. The average Bonchev–Trinajstić information content (AvgIpc) is 3.60. The predicted molar refractivity (Wildman–Crippen MR) is 212 cm³/mol. The van der Waals surface area contributed by atoms with Crippen LogP contribution in [0.3, 0.4) is 0 Å². The number of thiazole rings is 1. The molecule has 0 unspecified atom stereocenters. The minimum atomic E-state index is -0.623. The molecule has 55 heavy (non-hydrogen) atoms. The summed E-state index contributed by atoms with van der Waals surface area (Å²) in [6.07, 6.45) is 3.83. The first-order valence-corrected chi connectivity index (χ1v) is 20.3. The fourth-order valence-electron chi connectivity index (χ4n) is 8.06. The lowest BCUT2D eigenvalue weighted by molar-refractivity contribution is -0.00431. The van der Waals surface area contributed by atoms with Crippen molar-refractivity contribution in [3.63, 3.8) is 0 Å². The number of ether oxygens (including phenoxy) is 2. The van der Waals surface area contributed by atoms with E-state index in [0.717, 1.165) is 55.7 Å². The second kappa shape index (κ2) is 17.7. The normalized spacial score (nSPS) is 23.6. The van der Waals surface area contributed by atoms with Crippen LogP contribution in [0.4, 0.5) is 4.39 Å². The van der Waals surface area contributed by atoms with Crippen molar-refractivity contribution < 1.29 is 23.5 Å². The molecule has 3 N–H and O–H groups in total. The fraction of sp³-hybridized carbons (Fsp3) is 0.476. The highest BCUT2D eigenvalue weighted by Gasteiger charge is 2.27. The maximum atomic E-state index is 14.5. The van der Waals surface area contributed by atoms with Gasteiger partial charge in [0.15, 0.2) is 5.01 Å². The van der Waals surface area contributed by atoms with E-state index in [4.69, 9.17) is 9.47 Å². The number of carbonyl (C=O) groups is 2. The van der Waals surface area contributed by atoms with E-state index in [-0.39, 0.29) is 29.4 Å². The third-order valence-electron chi connectivity index (χ3n) is 10.7. The summed E-state index contributed by atoms with van der Waals surface area (Å²) in [5, 5.41) is 12.1. The van der Waals surface area contributed by atoms with Gasteiger partial charge in [-0.05, 0) is 93.8 Å². The number of amides is 2. The van der Waals surface area contributed by atoms with Gasteiger partial charge in [0.05, 0.1) is 19.4 Å². The smallest absolute Gasteiger partial charge is 0.280 e. The number of rotatable bonds is 11. The molecule has 1 aliphatic carbocycles. The number of hydrogen-bond acceptors (Lipinski definition) is 10. The van der Waals surface area contributed by atoms with Crippen LogP contribution < -0.4 is 20.7 Å². The highest BCUT2D eigenvalue weighted by atomic mass is 32.1. The zero-order chi connectivity index (χ0) is 38.5. The van der Waals surface area contributed by atoms with Gasteiger partial charge in [0.25, 0.3) is 11.8 Å². The third kappa shape index (κ3) is 10.1. The van der Waals surface area contributed by atoms with Crippen molar-refractivity contribution in [2.45, 2.75) is 96.7 Å². The van der Waals surface area contributed by atoms with Gasteiger partial charge in [-0.3, -0.25) is 19.4 Å². The Morgan fingerprint density at radius 3 is 2.44 bits per heavy atom. The number of piperazine rings is 1. The summed E-state index contributed by atoms with van der Waals surface area (Å²) in [4.78, 5) is 39.7. The van der Waals surface area contributed by atoms with Gasteiger partial charge in [-0.2, -0.15) is 0 Å². The number of hydrogen-bond donors (Lipinski definition) is 3. The second-order valence-electron chi connectivity index (χ2n) is 15.5. The van der Waals surface area contributed by atoms with E-state index >= 15 is 0 Å². The Labute approximate surface area is 327 Å². The molecule has 0 radical (unpaired) electrons. The molecule has 11 nitrogen and oxygen atoms in total. The fourth-order valence-corrected chi connectivity index (χ4v) is 8.76. The zero-order valence-electron chi connectivity index (χ0n) is 32.1. The highest BCUT2D eigenvalue weighted by Crippen LogP contribution is 2.33. The summed E-state index contributed by atoms with van der Waals surface area (Å²) in [6.45, 7) is 14.5. The Morgan fingerprint density at radius 1 is 0.982 bits per heavy atom. The first-order chi connectivity index (χ1) is 26.6. The number of nitrogens with zero attached hydrogens (tertiary/aromatic N) is 4. The number of benzene rings is 2. The molecule has 2 saturated heterocycles. The molecule has 2 aromatic heterocycles. The summed E-state index contributed by atoms with van der Waals surface area (Å²) in [5.41, 5.74) is 5.45. The SMILES string of the molecule is Cc1csc(C(=O)N[C@H]2CC[C@H](NC(=O)c3cc(F)cnc3Oc3cccc(-c4ccc(CN5C[C@@H](C)N[C@@H](C)C5)cc4CN4CCOC[C@@H]4C)c3)CC2)n1. The molecule has 2 aliphatic heterocycles. The van der Waals surface area contributed by atoms with Gasteiger partial charge in [-0.15, -0.1) is 11.3 Å². The summed E-state index contributed by atoms with van der Waals surface area (Å²) >= 11 is 1.33. The molecule has 1 saturated carbocycles. The molecule has 0 bridgehead atoms. The van der Waals surface area contributed by atoms with Crippen molar-refractivity contribution in [3.05, 3.63) is 93.3 Å². The van der Waals surface area contributed by atoms with Gasteiger partial charge in [0, 0.05) is 74.0 Å². The van der Waals surface area contributed by atoms with Crippen LogP contribution in [0.25, 0.3) is 11.1 Å². The van der Waals surface area contributed by atoms with E-state index in [1.807, 2.05) is 30.5 Å². The van der Waals surface area contributed by atoms with E-state index in [1.165, 1.54) is 28.5 Å². The summed E-state index contributed by atoms with van der Waals surface area (Å²) in [6, 6.07) is 16.8. The number of carbonyl (C=O) groups excluding carboxylic acids is 2. The summed E-state index contributed by atoms with van der Waals surface area (Å²) in [7, 11) is 0. The first-order valence-electron chi connectivity index (χ1n) is 19.5. The Balaban J connectivity index is 1.05. The predicted octanol–water partition coefficient (Wildman–Crippen LogP) is 6.32. The van der Waals surface area contributed by atoms with Crippen LogP contribution in [0, 0.1) is 12.7 Å². The van der Waals surface area contributed by atoms with Crippen LogP contribution in [0.1, 0.15) is 83.4 Å². The topological polar surface area (TPSA) is 121 Å². The molecule has 3 atom stereocenters. The van der Waals surface area contributed by atoms with Crippen molar-refractivity contribution in [1.29, 1.82) is 0 Å². The highest BCUT2D eigenvalue weighted by molar-refractivity contribution is 7.11. The largest absolute Gasteiger partial charge is 0.438 e. The van der Waals surface area contributed by atoms with Gasteiger partial charge in [-0.25, -0.2) is 14.4 Å². The molecular weight excluding hydrogens is 718 g/mol. The molecular formula is C42H52FN7O4S. The Kier molecular flexibility index (Phi) is 12.5. The lowest BCUT2D eigenvalue weighted by Crippen LogP contribution is -2.53. The Morgan fingerprint density at radius 2 is 1.73 bits per heavy atom. The van der Waals surface area contributed by atoms with Crippen molar-refractivity contribution in [3.8, 4) is 22.8 Å². The van der Waals surface area contributed by atoms with Crippen LogP contribution in [-0.2, 0) is 17.8 Å². The first kappa shape index (κ1) is 39.0. The maximum Gasteiger partial charge on any atom is 0.280 e. The van der Waals surface area contributed by atoms with Gasteiger partial charge in [0.1, 0.15) is 17.1 Å². The van der Waals surface area contributed by atoms with Gasteiger partial charge in [-0.1, -0.05) is 30.3 Å². The Hall–Kier alpha value is -4.27. The number of nitrogens with one attached hydrogen (secondary N) is 3. The van der Waals surface area contributed by atoms with Crippen LogP contribution >= 0.6 is 11.3 Å². The van der Waals surface area contributed by atoms with Crippen LogP contribution in [0.5, 0.6) is 11.6 Å². The standard InChI is InChI=1S/C42H52FN7O4S/c1-26-20-49(21-27(2)45-26)22-30-8-13-37(32(16-30)23-50-14-15-53-24-29(50)4)31-6-5-7-36(17-31)54-41-38(18-33(43)19-44-41)39(51)47-34-9-11-35(12-10-34)48-40(52)42-46-28(3)25-55-42/h5-8,13,16-19,25-27,29,34-35,45H,9-12,14-15,20-24H2,1-4H3,(H,47,51)(H,48,52)/t26-,27+,29-,34-,35-/m0/s1. The molecule has 3 aliphatic rings. The number of morpholine rings is 1. The van der Waals surface area contributed by atoms with Crippen molar-refractivity contribution in [2.75, 3.05) is 32.8 Å². The Bertz CT molecular complexity index is 1960. The summed E-state index contributed by atoms with van der Waals surface area (Å²) < 4.78 is 26.6. The minimum Gasteiger partial charge on any atom is -0.438 e. The van der Waals surface area contributed by atoms with Crippen molar-refractivity contribution >= 4 is 23.2 Å². The molecule has 292 valence electrons. The summed E-state index contributed by atoms with van der Waals surface area (Å²) in [5.74, 6) is -0.710. The van der Waals surface area contributed by atoms with Crippen LogP contribution in [-0.4, -0.2) is 94.6 Å². The van der Waals surface area contributed by atoms with Gasteiger partial charge >= 0.3 is 0 Å². The van der Waals surface area contributed by atoms with Crippen LogP contribution in [0.2, 0.25) is 0 Å². The van der Waals surface area contributed by atoms with E-state index in [0.29, 0.717) is 67.8 Å². The maximum absolute atomic E-state index is 14.5. The van der Waals surface area contributed by atoms with E-state index in [9.17, 15) is 14.0 Å². The quantitative estimate of drug-likeness (QED) is 0.161. The second-order valence-corrected chi connectivity index (χ2v) is 16.3. The number of pyridine rings is 1. The zero-order valence-corrected chi connectivity index (χ0v) is 33.0. The number of aromatic nitrogens is 2.